The zero-order valence-corrected chi connectivity index (χ0v) is 6.38. The standard InChI is InChI=1S/C7H6F2N2O2/c8-7(9)5-4(10)6(13)3(2-12)1-11-5/h1-2,7H,10H2,(H,11,13). The zero-order chi connectivity index (χ0) is 10.0. The van der Waals surface area contributed by atoms with Crippen LogP contribution in [0.25, 0.3) is 0 Å². The average molecular weight is 188 g/mol. The number of anilines is 1. The molecular formula is C7H6F2N2O2. The molecular weight excluding hydrogens is 182 g/mol. The lowest BCUT2D eigenvalue weighted by Crippen LogP contribution is -2.17. The van der Waals surface area contributed by atoms with Crippen molar-refractivity contribution in [1.82, 2.24) is 4.98 Å². The number of aromatic nitrogens is 1. The number of halogens is 2. The molecule has 0 unspecified atom stereocenters. The van der Waals surface area contributed by atoms with E-state index in [2.05, 4.69) is 4.98 Å². The highest BCUT2D eigenvalue weighted by Gasteiger charge is 2.15. The summed E-state index contributed by atoms with van der Waals surface area (Å²) in [5.41, 5.74) is 2.68. The summed E-state index contributed by atoms with van der Waals surface area (Å²) in [6.07, 6.45) is -1.69. The summed E-state index contributed by atoms with van der Waals surface area (Å²) in [4.78, 5) is 23.3. The van der Waals surface area contributed by atoms with E-state index in [-0.39, 0.29) is 11.8 Å². The SMILES string of the molecule is Nc1c(C(F)F)[nH]cc(C=O)c1=O. The van der Waals surface area contributed by atoms with Gasteiger partial charge in [-0.3, -0.25) is 9.59 Å². The number of pyridine rings is 1. The van der Waals surface area contributed by atoms with E-state index in [1.807, 2.05) is 0 Å². The predicted molar refractivity (Wildman–Crippen MR) is 41.8 cm³/mol. The van der Waals surface area contributed by atoms with Crippen LogP contribution >= 0.6 is 0 Å². The molecule has 0 aromatic carbocycles. The van der Waals surface area contributed by atoms with Gasteiger partial charge in [0.1, 0.15) is 11.4 Å². The summed E-state index contributed by atoms with van der Waals surface area (Å²) in [5, 5.41) is 0. The van der Waals surface area contributed by atoms with Crippen molar-refractivity contribution in [3.8, 4) is 0 Å². The lowest BCUT2D eigenvalue weighted by Gasteiger charge is -2.03. The van der Waals surface area contributed by atoms with Crippen molar-refractivity contribution >= 4 is 12.0 Å². The number of nitrogens with two attached hydrogens (primary N) is 1. The molecule has 0 bridgehead atoms. The van der Waals surface area contributed by atoms with Gasteiger partial charge in [-0.2, -0.15) is 0 Å². The van der Waals surface area contributed by atoms with Crippen LogP contribution in [0.1, 0.15) is 22.5 Å². The Morgan fingerprint density at radius 1 is 1.54 bits per heavy atom. The molecule has 13 heavy (non-hydrogen) atoms. The third-order valence-corrected chi connectivity index (χ3v) is 1.53. The van der Waals surface area contributed by atoms with Crippen molar-refractivity contribution < 1.29 is 13.6 Å². The van der Waals surface area contributed by atoms with Gasteiger partial charge in [-0.15, -0.1) is 0 Å². The fourth-order valence-corrected chi connectivity index (χ4v) is 0.845. The Hall–Kier alpha value is -1.72. The van der Waals surface area contributed by atoms with Crippen LogP contribution in [0.5, 0.6) is 0 Å². The third kappa shape index (κ3) is 1.56. The number of rotatable bonds is 2. The predicted octanol–water partition coefficient (Wildman–Crippen LogP) is 0.707. The first kappa shape index (κ1) is 9.37. The van der Waals surface area contributed by atoms with Crippen LogP contribution in [0.3, 0.4) is 0 Å². The largest absolute Gasteiger partial charge is 0.394 e. The molecule has 1 rings (SSSR count). The highest BCUT2D eigenvalue weighted by Crippen LogP contribution is 2.19. The van der Waals surface area contributed by atoms with Gasteiger partial charge in [0.2, 0.25) is 5.43 Å². The second-order valence-corrected chi connectivity index (χ2v) is 2.32. The highest BCUT2D eigenvalue weighted by molar-refractivity contribution is 5.76. The maximum absolute atomic E-state index is 12.1. The van der Waals surface area contributed by atoms with E-state index in [1.165, 1.54) is 0 Å². The second kappa shape index (κ2) is 3.34. The summed E-state index contributed by atoms with van der Waals surface area (Å²) in [7, 11) is 0. The minimum absolute atomic E-state index is 0.254. The van der Waals surface area contributed by atoms with Crippen LogP contribution in [-0.4, -0.2) is 11.3 Å². The zero-order valence-electron chi connectivity index (χ0n) is 6.38. The molecule has 0 spiro atoms. The Bertz CT molecular complexity index is 387. The molecule has 0 radical (unpaired) electrons. The number of carbonyl (C=O) groups excluding carboxylic acids is 1. The molecule has 4 nitrogen and oxygen atoms in total. The maximum atomic E-state index is 12.1. The summed E-state index contributed by atoms with van der Waals surface area (Å²) in [6, 6.07) is 0. The molecule has 0 fully saturated rings. The fraction of sp³-hybridized carbons (Fsp3) is 0.143. The molecule has 1 heterocycles. The third-order valence-electron chi connectivity index (χ3n) is 1.53. The molecule has 6 heteroatoms. The molecule has 70 valence electrons. The molecule has 0 aliphatic rings. The summed E-state index contributed by atoms with van der Waals surface area (Å²) >= 11 is 0. The summed E-state index contributed by atoms with van der Waals surface area (Å²) < 4.78 is 24.2. The normalized spacial score (nSPS) is 10.4. The fourth-order valence-electron chi connectivity index (χ4n) is 0.845. The van der Waals surface area contributed by atoms with Gasteiger partial charge in [0, 0.05) is 6.20 Å². The number of aldehydes is 1. The van der Waals surface area contributed by atoms with Crippen LogP contribution in [0.15, 0.2) is 11.0 Å². The number of H-pyrrole nitrogens is 1. The second-order valence-electron chi connectivity index (χ2n) is 2.32. The quantitative estimate of drug-likeness (QED) is 0.671. The van der Waals surface area contributed by atoms with Crippen molar-refractivity contribution in [3.05, 3.63) is 27.7 Å². The minimum Gasteiger partial charge on any atom is -0.394 e. The molecule has 0 saturated carbocycles. The number of carbonyl (C=O) groups is 1. The monoisotopic (exact) mass is 188 g/mol. The number of alkyl halides is 2. The van der Waals surface area contributed by atoms with Crippen molar-refractivity contribution in [3.63, 3.8) is 0 Å². The number of hydrogen-bond donors (Lipinski definition) is 2. The van der Waals surface area contributed by atoms with Crippen LogP contribution in [-0.2, 0) is 0 Å². The van der Waals surface area contributed by atoms with E-state index < -0.39 is 23.2 Å². The van der Waals surface area contributed by atoms with Crippen molar-refractivity contribution in [2.24, 2.45) is 0 Å². The Kier molecular flexibility index (Phi) is 2.41. The molecule has 0 saturated heterocycles. The van der Waals surface area contributed by atoms with E-state index in [1.54, 1.807) is 0 Å². The van der Waals surface area contributed by atoms with E-state index in [0.29, 0.717) is 0 Å². The van der Waals surface area contributed by atoms with Crippen LogP contribution < -0.4 is 11.2 Å². The minimum atomic E-state index is -2.85. The lowest BCUT2D eigenvalue weighted by atomic mass is 10.2. The van der Waals surface area contributed by atoms with Crippen LogP contribution in [0, 0.1) is 0 Å². The molecule has 0 amide bonds. The van der Waals surface area contributed by atoms with Crippen molar-refractivity contribution in [1.29, 1.82) is 0 Å². The van der Waals surface area contributed by atoms with E-state index in [0.717, 1.165) is 6.20 Å². The van der Waals surface area contributed by atoms with E-state index >= 15 is 0 Å². The smallest absolute Gasteiger partial charge is 0.280 e. The highest BCUT2D eigenvalue weighted by atomic mass is 19.3. The molecule has 0 atom stereocenters. The lowest BCUT2D eigenvalue weighted by molar-refractivity contribution is 0.112. The Balaban J connectivity index is 3.40. The van der Waals surface area contributed by atoms with Crippen molar-refractivity contribution in [2.45, 2.75) is 6.43 Å². The molecule has 1 aromatic rings. The first-order valence-corrected chi connectivity index (χ1v) is 3.32. The molecule has 3 N–H and O–H groups in total. The average Bonchev–Trinajstić information content (AvgIpc) is 2.09. The van der Waals surface area contributed by atoms with Gasteiger partial charge < -0.3 is 10.7 Å². The van der Waals surface area contributed by atoms with E-state index in [4.69, 9.17) is 5.73 Å². The maximum Gasteiger partial charge on any atom is 0.280 e. The van der Waals surface area contributed by atoms with Gasteiger partial charge >= 0.3 is 0 Å². The van der Waals surface area contributed by atoms with Gasteiger partial charge in [0.25, 0.3) is 6.43 Å². The van der Waals surface area contributed by atoms with Crippen LogP contribution in [0.2, 0.25) is 0 Å². The van der Waals surface area contributed by atoms with E-state index in [9.17, 15) is 18.4 Å². The van der Waals surface area contributed by atoms with Gasteiger partial charge in [0.15, 0.2) is 6.29 Å². The Morgan fingerprint density at radius 3 is 2.62 bits per heavy atom. The molecule has 1 aromatic heterocycles. The van der Waals surface area contributed by atoms with Gasteiger partial charge in [0.05, 0.1) is 5.56 Å². The summed E-state index contributed by atoms with van der Waals surface area (Å²) in [6.45, 7) is 0. The van der Waals surface area contributed by atoms with Gasteiger partial charge in [-0.25, -0.2) is 8.78 Å². The number of nitrogen functional groups attached to an aromatic ring is 1. The van der Waals surface area contributed by atoms with Crippen molar-refractivity contribution in [2.75, 3.05) is 5.73 Å². The first-order chi connectivity index (χ1) is 6.07. The Labute approximate surface area is 71.4 Å². The topological polar surface area (TPSA) is 76.0 Å². The van der Waals surface area contributed by atoms with Gasteiger partial charge in [-0.1, -0.05) is 0 Å². The number of hydrogen-bond acceptors (Lipinski definition) is 3. The number of nitrogens with one attached hydrogen (secondary N) is 1. The van der Waals surface area contributed by atoms with Crippen LogP contribution in [0.4, 0.5) is 14.5 Å². The van der Waals surface area contributed by atoms with Gasteiger partial charge in [-0.05, 0) is 0 Å². The number of aromatic amines is 1. The molecule has 0 aliphatic heterocycles. The first-order valence-electron chi connectivity index (χ1n) is 3.32. The molecule has 0 aliphatic carbocycles. The summed E-state index contributed by atoms with van der Waals surface area (Å²) in [5.74, 6) is 0. The Morgan fingerprint density at radius 2 is 2.15 bits per heavy atom.